The number of hydrogen-bond donors (Lipinski definition) is 1. The van der Waals surface area contributed by atoms with E-state index in [2.05, 4.69) is 42.5 Å². The van der Waals surface area contributed by atoms with E-state index < -0.39 is 0 Å². The van der Waals surface area contributed by atoms with Crippen molar-refractivity contribution in [2.24, 2.45) is 5.73 Å². The lowest BCUT2D eigenvalue weighted by atomic mass is 10.1. The van der Waals surface area contributed by atoms with E-state index in [1.807, 2.05) is 12.1 Å². The molecule has 0 aromatic heterocycles. The van der Waals surface area contributed by atoms with Gasteiger partial charge in [0.1, 0.15) is 5.75 Å². The zero-order chi connectivity index (χ0) is 14.0. The number of nitrogens with two attached hydrogens (primary N) is 1. The molecule has 2 rings (SSSR count). The average molecular weight is 269 g/mol. The van der Waals surface area contributed by atoms with Crippen molar-refractivity contribution < 1.29 is 4.74 Å². The van der Waals surface area contributed by atoms with Crippen LogP contribution in [0.1, 0.15) is 24.0 Å². The van der Waals surface area contributed by atoms with Crippen LogP contribution < -0.4 is 10.5 Å². The van der Waals surface area contributed by atoms with E-state index in [0.29, 0.717) is 0 Å². The van der Waals surface area contributed by atoms with E-state index >= 15 is 0 Å². The summed E-state index contributed by atoms with van der Waals surface area (Å²) in [6.45, 7) is 1.50. The van der Waals surface area contributed by atoms with Gasteiger partial charge in [0.15, 0.2) is 0 Å². The predicted octanol–water partition coefficient (Wildman–Crippen LogP) is 3.59. The lowest BCUT2D eigenvalue weighted by Gasteiger charge is -2.08. The van der Waals surface area contributed by atoms with Crippen LogP contribution in [0.3, 0.4) is 0 Å². The van der Waals surface area contributed by atoms with Gasteiger partial charge in [-0.25, -0.2) is 0 Å². The van der Waals surface area contributed by atoms with Gasteiger partial charge in [-0.05, 0) is 55.5 Å². The SMILES string of the molecule is NCCCc1cccc(OCCCc2ccccc2)c1. The first-order chi connectivity index (χ1) is 9.88. The highest BCUT2D eigenvalue weighted by molar-refractivity contribution is 5.28. The number of ether oxygens (including phenoxy) is 1. The van der Waals surface area contributed by atoms with Gasteiger partial charge in [0.25, 0.3) is 0 Å². The molecule has 0 fully saturated rings. The second kappa shape index (κ2) is 8.39. The molecule has 2 aromatic carbocycles. The molecule has 0 bridgehead atoms. The standard InChI is InChI=1S/C18H23NO/c19-13-5-10-17-9-4-12-18(15-17)20-14-6-11-16-7-2-1-3-8-16/h1-4,7-9,12,15H,5-6,10-11,13-14,19H2. The molecule has 2 heteroatoms. The maximum Gasteiger partial charge on any atom is 0.119 e. The van der Waals surface area contributed by atoms with Gasteiger partial charge in [0.05, 0.1) is 6.61 Å². The van der Waals surface area contributed by atoms with Gasteiger partial charge >= 0.3 is 0 Å². The Kier molecular flexibility index (Phi) is 6.12. The van der Waals surface area contributed by atoms with Gasteiger partial charge < -0.3 is 10.5 Å². The smallest absolute Gasteiger partial charge is 0.119 e. The van der Waals surface area contributed by atoms with E-state index in [1.54, 1.807) is 0 Å². The zero-order valence-electron chi connectivity index (χ0n) is 11.9. The summed E-state index contributed by atoms with van der Waals surface area (Å²) in [4.78, 5) is 0. The van der Waals surface area contributed by atoms with Crippen LogP contribution in [-0.2, 0) is 12.8 Å². The second-order valence-corrected chi connectivity index (χ2v) is 4.98. The molecule has 2 aromatic rings. The summed E-state index contributed by atoms with van der Waals surface area (Å²) in [5, 5.41) is 0. The second-order valence-electron chi connectivity index (χ2n) is 4.98. The quantitative estimate of drug-likeness (QED) is 0.743. The Hall–Kier alpha value is -1.80. The highest BCUT2D eigenvalue weighted by Crippen LogP contribution is 2.15. The zero-order valence-corrected chi connectivity index (χ0v) is 11.9. The van der Waals surface area contributed by atoms with Gasteiger partial charge in [-0.15, -0.1) is 0 Å². The van der Waals surface area contributed by atoms with Crippen molar-refractivity contribution in [3.05, 3.63) is 65.7 Å². The molecule has 0 atom stereocenters. The van der Waals surface area contributed by atoms with Crippen LogP contribution in [0.2, 0.25) is 0 Å². The van der Waals surface area contributed by atoms with Gasteiger partial charge in [0.2, 0.25) is 0 Å². The van der Waals surface area contributed by atoms with Crippen LogP contribution in [0.4, 0.5) is 0 Å². The molecule has 0 saturated heterocycles. The molecule has 0 amide bonds. The first-order valence-electron chi connectivity index (χ1n) is 7.34. The third kappa shape index (κ3) is 5.06. The van der Waals surface area contributed by atoms with Crippen LogP contribution in [0, 0.1) is 0 Å². The first-order valence-corrected chi connectivity index (χ1v) is 7.34. The monoisotopic (exact) mass is 269 g/mol. The minimum atomic E-state index is 0.738. The Balaban J connectivity index is 1.73. The third-order valence-corrected chi connectivity index (χ3v) is 3.29. The van der Waals surface area contributed by atoms with E-state index in [1.165, 1.54) is 11.1 Å². The van der Waals surface area contributed by atoms with Crippen LogP contribution in [0.15, 0.2) is 54.6 Å². The van der Waals surface area contributed by atoms with Crippen LogP contribution in [0.25, 0.3) is 0 Å². The predicted molar refractivity (Wildman–Crippen MR) is 84.1 cm³/mol. The molecule has 0 radical (unpaired) electrons. The van der Waals surface area contributed by atoms with Crippen molar-refractivity contribution in [3.63, 3.8) is 0 Å². The summed E-state index contributed by atoms with van der Waals surface area (Å²) >= 11 is 0. The highest BCUT2D eigenvalue weighted by atomic mass is 16.5. The fraction of sp³-hybridized carbons (Fsp3) is 0.333. The number of rotatable bonds is 8. The van der Waals surface area contributed by atoms with E-state index in [9.17, 15) is 0 Å². The number of aryl methyl sites for hydroxylation is 2. The number of benzene rings is 2. The lowest BCUT2D eigenvalue weighted by molar-refractivity contribution is 0.310. The molecule has 0 aliphatic heterocycles. The minimum Gasteiger partial charge on any atom is -0.494 e. The molecule has 0 unspecified atom stereocenters. The summed E-state index contributed by atoms with van der Waals surface area (Å²) in [5.74, 6) is 0.965. The fourth-order valence-electron chi connectivity index (χ4n) is 2.21. The van der Waals surface area contributed by atoms with Crippen LogP contribution >= 0.6 is 0 Å². The molecule has 106 valence electrons. The summed E-state index contributed by atoms with van der Waals surface area (Å²) in [6.07, 6.45) is 4.15. The Bertz CT molecular complexity index is 496. The van der Waals surface area contributed by atoms with Crippen molar-refractivity contribution >= 4 is 0 Å². The minimum absolute atomic E-state index is 0.738. The normalized spacial score (nSPS) is 10.4. The van der Waals surface area contributed by atoms with E-state index in [4.69, 9.17) is 10.5 Å². The molecule has 0 saturated carbocycles. The van der Waals surface area contributed by atoms with Gasteiger partial charge in [-0.2, -0.15) is 0 Å². The molecular weight excluding hydrogens is 246 g/mol. The largest absolute Gasteiger partial charge is 0.494 e. The summed E-state index contributed by atoms with van der Waals surface area (Å²) < 4.78 is 5.82. The van der Waals surface area contributed by atoms with E-state index in [-0.39, 0.29) is 0 Å². The van der Waals surface area contributed by atoms with Crippen LogP contribution in [0.5, 0.6) is 5.75 Å². The Morgan fingerprint density at radius 1 is 0.800 bits per heavy atom. The molecule has 0 heterocycles. The summed E-state index contributed by atoms with van der Waals surface area (Å²) in [5.41, 5.74) is 8.21. The molecular formula is C18H23NO. The Morgan fingerprint density at radius 2 is 1.55 bits per heavy atom. The first kappa shape index (κ1) is 14.6. The summed E-state index contributed by atoms with van der Waals surface area (Å²) in [6, 6.07) is 18.9. The van der Waals surface area contributed by atoms with Gasteiger partial charge in [0, 0.05) is 0 Å². The Morgan fingerprint density at radius 3 is 2.35 bits per heavy atom. The summed E-state index contributed by atoms with van der Waals surface area (Å²) in [7, 11) is 0. The van der Waals surface area contributed by atoms with Crippen molar-refractivity contribution in [2.75, 3.05) is 13.2 Å². The Labute approximate surface area is 121 Å². The van der Waals surface area contributed by atoms with Crippen molar-refractivity contribution in [1.29, 1.82) is 0 Å². The fourth-order valence-corrected chi connectivity index (χ4v) is 2.21. The topological polar surface area (TPSA) is 35.2 Å². The molecule has 2 nitrogen and oxygen atoms in total. The maximum absolute atomic E-state index is 5.82. The molecule has 0 aliphatic carbocycles. The molecule has 0 spiro atoms. The maximum atomic E-state index is 5.82. The van der Waals surface area contributed by atoms with Crippen molar-refractivity contribution in [2.45, 2.75) is 25.7 Å². The van der Waals surface area contributed by atoms with Gasteiger partial charge in [-0.3, -0.25) is 0 Å². The average Bonchev–Trinajstić information content (AvgIpc) is 2.51. The van der Waals surface area contributed by atoms with Crippen molar-refractivity contribution in [3.8, 4) is 5.75 Å². The number of hydrogen-bond acceptors (Lipinski definition) is 2. The van der Waals surface area contributed by atoms with E-state index in [0.717, 1.165) is 44.6 Å². The van der Waals surface area contributed by atoms with Crippen molar-refractivity contribution in [1.82, 2.24) is 0 Å². The molecule has 0 aliphatic rings. The molecule has 20 heavy (non-hydrogen) atoms. The highest BCUT2D eigenvalue weighted by Gasteiger charge is 1.98. The van der Waals surface area contributed by atoms with Gasteiger partial charge in [-0.1, -0.05) is 42.5 Å². The third-order valence-electron chi connectivity index (χ3n) is 3.29. The van der Waals surface area contributed by atoms with Crippen LogP contribution in [-0.4, -0.2) is 13.2 Å². The lowest BCUT2D eigenvalue weighted by Crippen LogP contribution is -2.02. The molecule has 2 N–H and O–H groups in total.